The number of rotatable bonds is 5. The van der Waals surface area contributed by atoms with Crippen LogP contribution in [-0.4, -0.2) is 15.7 Å². The number of nitrogens with one attached hydrogen (secondary N) is 1. The average molecular weight is 405 g/mol. The van der Waals surface area contributed by atoms with Gasteiger partial charge in [-0.1, -0.05) is 48.5 Å². The molecule has 4 rings (SSSR count). The van der Waals surface area contributed by atoms with Gasteiger partial charge in [-0.2, -0.15) is 5.10 Å². The van der Waals surface area contributed by atoms with Crippen molar-refractivity contribution < 1.29 is 13.6 Å². The van der Waals surface area contributed by atoms with Crippen molar-refractivity contribution >= 4 is 16.7 Å². The Bertz CT molecular complexity index is 1300. The Hall–Kier alpha value is -3.87. The van der Waals surface area contributed by atoms with E-state index < -0.39 is 23.1 Å². The van der Waals surface area contributed by atoms with Crippen molar-refractivity contribution in [1.29, 1.82) is 0 Å². The van der Waals surface area contributed by atoms with Gasteiger partial charge in [0, 0.05) is 29.8 Å². The third-order valence-electron chi connectivity index (χ3n) is 4.72. The molecule has 7 heteroatoms. The topological polar surface area (TPSA) is 64.0 Å². The number of carbonyl (C=O) groups excluding carboxylic acids is 1. The molecule has 0 radical (unpaired) electrons. The van der Waals surface area contributed by atoms with E-state index >= 15 is 0 Å². The largest absolute Gasteiger partial charge is 0.350 e. The number of nitrogens with zero attached hydrogens (tertiary/aromatic N) is 2. The van der Waals surface area contributed by atoms with Crippen LogP contribution >= 0.6 is 0 Å². The molecule has 5 nitrogen and oxygen atoms in total. The molecule has 0 saturated heterocycles. The van der Waals surface area contributed by atoms with Crippen molar-refractivity contribution in [3.05, 3.63) is 100 Å². The lowest BCUT2D eigenvalue weighted by Gasteiger charge is -2.10. The number of hydrogen-bond acceptors (Lipinski definition) is 3. The molecule has 30 heavy (non-hydrogen) atoms. The molecule has 150 valence electrons. The Labute approximate surface area is 170 Å². The number of fused-ring (bicyclic) bond motifs is 1. The van der Waals surface area contributed by atoms with Gasteiger partial charge in [-0.25, -0.2) is 13.5 Å². The summed E-state index contributed by atoms with van der Waals surface area (Å²) in [5, 5.41) is 8.88. The summed E-state index contributed by atoms with van der Waals surface area (Å²) in [4.78, 5) is 24.5. The Kier molecular flexibility index (Phi) is 5.34. The molecule has 0 atom stereocenters. The Morgan fingerprint density at radius 2 is 1.77 bits per heavy atom. The zero-order chi connectivity index (χ0) is 21.1. The maximum Gasteiger partial charge on any atom is 0.267 e. The molecule has 0 aliphatic carbocycles. The zero-order valence-electron chi connectivity index (χ0n) is 15.8. The highest BCUT2D eigenvalue weighted by molar-refractivity contribution is 5.95. The summed E-state index contributed by atoms with van der Waals surface area (Å²) in [5.41, 5.74) is 1.12. The van der Waals surface area contributed by atoms with Crippen LogP contribution in [0, 0.1) is 11.6 Å². The molecule has 1 heterocycles. The fraction of sp³-hybridized carbons (Fsp3) is 0.0870. The van der Waals surface area contributed by atoms with Gasteiger partial charge < -0.3 is 5.32 Å². The third-order valence-corrected chi connectivity index (χ3v) is 4.72. The third kappa shape index (κ3) is 4.10. The van der Waals surface area contributed by atoms with E-state index in [-0.39, 0.29) is 18.7 Å². The Morgan fingerprint density at radius 1 is 0.967 bits per heavy atom. The van der Waals surface area contributed by atoms with Crippen LogP contribution in [0.5, 0.6) is 0 Å². The molecular weight excluding hydrogens is 388 g/mol. The van der Waals surface area contributed by atoms with Crippen molar-refractivity contribution in [2.45, 2.75) is 13.1 Å². The lowest BCUT2D eigenvalue weighted by atomic mass is 10.0. The summed E-state index contributed by atoms with van der Waals surface area (Å²) in [6.07, 6.45) is 0. The van der Waals surface area contributed by atoms with Crippen LogP contribution < -0.4 is 10.9 Å². The predicted molar refractivity (Wildman–Crippen MR) is 110 cm³/mol. The summed E-state index contributed by atoms with van der Waals surface area (Å²) in [6.45, 7) is -0.442. The molecule has 0 bridgehead atoms. The first kappa shape index (κ1) is 19.4. The van der Waals surface area contributed by atoms with E-state index in [1.807, 2.05) is 42.5 Å². The Morgan fingerprint density at radius 3 is 2.60 bits per heavy atom. The second-order valence-electron chi connectivity index (χ2n) is 6.75. The van der Waals surface area contributed by atoms with Crippen LogP contribution in [0.25, 0.3) is 22.0 Å². The maximum absolute atomic E-state index is 13.7. The normalized spacial score (nSPS) is 10.9. The first-order valence-electron chi connectivity index (χ1n) is 9.28. The van der Waals surface area contributed by atoms with E-state index in [1.54, 1.807) is 6.07 Å². The van der Waals surface area contributed by atoms with Crippen LogP contribution in [-0.2, 0) is 17.9 Å². The van der Waals surface area contributed by atoms with Crippen molar-refractivity contribution in [3.63, 3.8) is 0 Å². The maximum atomic E-state index is 13.7. The molecule has 1 amide bonds. The van der Waals surface area contributed by atoms with Crippen molar-refractivity contribution in [3.8, 4) is 11.3 Å². The van der Waals surface area contributed by atoms with Crippen LogP contribution in [0.1, 0.15) is 5.56 Å². The molecule has 0 aliphatic heterocycles. The summed E-state index contributed by atoms with van der Waals surface area (Å²) >= 11 is 0. The van der Waals surface area contributed by atoms with E-state index in [0.29, 0.717) is 5.69 Å². The second-order valence-corrected chi connectivity index (χ2v) is 6.75. The van der Waals surface area contributed by atoms with Crippen LogP contribution in [0.4, 0.5) is 8.78 Å². The molecule has 0 fully saturated rings. The van der Waals surface area contributed by atoms with E-state index in [4.69, 9.17) is 0 Å². The Balaban J connectivity index is 1.55. The second kappa shape index (κ2) is 8.24. The summed E-state index contributed by atoms with van der Waals surface area (Å²) in [5.74, 6) is -1.95. The van der Waals surface area contributed by atoms with E-state index in [2.05, 4.69) is 10.4 Å². The van der Waals surface area contributed by atoms with Crippen molar-refractivity contribution in [2.24, 2.45) is 0 Å². The van der Waals surface area contributed by atoms with Gasteiger partial charge in [-0.15, -0.1) is 0 Å². The monoisotopic (exact) mass is 405 g/mol. The van der Waals surface area contributed by atoms with Crippen LogP contribution in [0.15, 0.2) is 77.6 Å². The van der Waals surface area contributed by atoms with Gasteiger partial charge in [0.05, 0.1) is 5.69 Å². The number of carbonyl (C=O) groups is 1. The minimum atomic E-state index is -0.747. The lowest BCUT2D eigenvalue weighted by molar-refractivity contribution is -0.122. The highest BCUT2D eigenvalue weighted by Gasteiger charge is 2.11. The smallest absolute Gasteiger partial charge is 0.267 e. The molecule has 4 aromatic rings. The first-order valence-corrected chi connectivity index (χ1v) is 9.28. The van der Waals surface area contributed by atoms with Gasteiger partial charge in [-0.05, 0) is 22.9 Å². The molecule has 1 N–H and O–H groups in total. The minimum Gasteiger partial charge on any atom is -0.350 e. The SMILES string of the molecule is O=C(Cn1nc(-c2cccc3ccccc23)ccc1=O)NCc1ccc(F)cc1F. The number of benzene rings is 3. The van der Waals surface area contributed by atoms with Crippen molar-refractivity contribution in [2.75, 3.05) is 0 Å². The van der Waals surface area contributed by atoms with E-state index in [9.17, 15) is 18.4 Å². The predicted octanol–water partition coefficient (Wildman–Crippen LogP) is 3.66. The molecule has 3 aromatic carbocycles. The van der Waals surface area contributed by atoms with Crippen LogP contribution in [0.3, 0.4) is 0 Å². The highest BCUT2D eigenvalue weighted by atomic mass is 19.1. The summed E-state index contributed by atoms with van der Waals surface area (Å²) in [6, 6.07) is 19.7. The van der Waals surface area contributed by atoms with Gasteiger partial charge in [-0.3, -0.25) is 9.59 Å². The first-order chi connectivity index (χ1) is 14.5. The number of hydrogen-bond donors (Lipinski definition) is 1. The van der Waals surface area contributed by atoms with Gasteiger partial charge in [0.2, 0.25) is 5.91 Å². The molecule has 0 aliphatic rings. The number of halogens is 2. The van der Waals surface area contributed by atoms with Crippen molar-refractivity contribution in [1.82, 2.24) is 15.1 Å². The summed E-state index contributed by atoms with van der Waals surface area (Å²) < 4.78 is 27.7. The van der Waals surface area contributed by atoms with E-state index in [1.165, 1.54) is 12.1 Å². The van der Waals surface area contributed by atoms with Gasteiger partial charge in [0.15, 0.2) is 0 Å². The molecule has 0 spiro atoms. The van der Waals surface area contributed by atoms with Gasteiger partial charge >= 0.3 is 0 Å². The van der Waals surface area contributed by atoms with Crippen LogP contribution in [0.2, 0.25) is 0 Å². The molecular formula is C23H17F2N3O2. The number of amides is 1. The minimum absolute atomic E-state index is 0.122. The standard InChI is InChI=1S/C23H17F2N3O2/c24-17-9-8-16(20(25)12-17)13-26-22(29)14-28-23(30)11-10-21(27-28)19-7-3-5-15-4-1-2-6-18(15)19/h1-12H,13-14H2,(H,26,29). The fourth-order valence-corrected chi connectivity index (χ4v) is 3.21. The highest BCUT2D eigenvalue weighted by Crippen LogP contribution is 2.26. The average Bonchev–Trinajstić information content (AvgIpc) is 2.74. The van der Waals surface area contributed by atoms with E-state index in [0.717, 1.165) is 33.2 Å². The van der Waals surface area contributed by atoms with Gasteiger partial charge in [0.25, 0.3) is 5.56 Å². The summed E-state index contributed by atoms with van der Waals surface area (Å²) in [7, 11) is 0. The van der Waals surface area contributed by atoms with Gasteiger partial charge in [0.1, 0.15) is 18.2 Å². The molecule has 0 unspecified atom stereocenters. The zero-order valence-corrected chi connectivity index (χ0v) is 15.8. The molecule has 1 aromatic heterocycles. The quantitative estimate of drug-likeness (QED) is 0.551. The molecule has 0 saturated carbocycles. The number of aromatic nitrogens is 2. The fourth-order valence-electron chi connectivity index (χ4n) is 3.21. The lowest BCUT2D eigenvalue weighted by Crippen LogP contribution is -2.33.